The van der Waals surface area contributed by atoms with Crippen molar-refractivity contribution in [2.24, 2.45) is 0 Å². The van der Waals surface area contributed by atoms with E-state index in [1.54, 1.807) is 19.2 Å². The fraction of sp³-hybridized carbons (Fsp3) is 0.182. The summed E-state index contributed by atoms with van der Waals surface area (Å²) < 4.78 is 24.3. The van der Waals surface area contributed by atoms with Crippen LogP contribution >= 0.6 is 23.2 Å². The molecule has 0 atom stereocenters. The molecular formula is C22H20Cl2FNO2. The van der Waals surface area contributed by atoms with Gasteiger partial charge in [0.05, 0.1) is 12.1 Å². The van der Waals surface area contributed by atoms with Crippen LogP contribution in [0, 0.1) is 12.7 Å². The average molecular weight is 420 g/mol. The van der Waals surface area contributed by atoms with Gasteiger partial charge in [0.15, 0.2) is 11.5 Å². The zero-order valence-corrected chi connectivity index (χ0v) is 17.1. The van der Waals surface area contributed by atoms with Crippen molar-refractivity contribution in [2.45, 2.75) is 20.1 Å². The molecule has 0 aliphatic rings. The summed E-state index contributed by atoms with van der Waals surface area (Å²) in [7, 11) is 1.56. The average Bonchev–Trinajstić information content (AvgIpc) is 2.68. The largest absolute Gasteiger partial charge is 0.493 e. The van der Waals surface area contributed by atoms with Crippen molar-refractivity contribution in [3.8, 4) is 11.5 Å². The van der Waals surface area contributed by atoms with Crippen LogP contribution in [0.15, 0.2) is 54.6 Å². The molecule has 28 heavy (non-hydrogen) atoms. The molecule has 6 heteroatoms. The van der Waals surface area contributed by atoms with Gasteiger partial charge in [-0.25, -0.2) is 4.39 Å². The maximum Gasteiger partial charge on any atom is 0.180 e. The molecule has 0 aliphatic heterocycles. The zero-order chi connectivity index (χ0) is 20.1. The molecule has 0 heterocycles. The Morgan fingerprint density at radius 1 is 0.964 bits per heavy atom. The minimum atomic E-state index is -0.286. The first-order valence-corrected chi connectivity index (χ1v) is 9.45. The Kier molecular flexibility index (Phi) is 6.65. The molecule has 0 aliphatic carbocycles. The maximum absolute atomic E-state index is 13.0. The van der Waals surface area contributed by atoms with Crippen molar-refractivity contribution >= 4 is 28.9 Å². The van der Waals surface area contributed by atoms with E-state index in [1.807, 2.05) is 37.3 Å². The second kappa shape index (κ2) is 9.18. The highest BCUT2D eigenvalue weighted by atomic mass is 35.5. The molecular weight excluding hydrogens is 400 g/mol. The van der Waals surface area contributed by atoms with Gasteiger partial charge in [0.2, 0.25) is 0 Å². The molecule has 0 saturated heterocycles. The lowest BCUT2D eigenvalue weighted by atomic mass is 10.1. The van der Waals surface area contributed by atoms with Gasteiger partial charge in [-0.15, -0.1) is 0 Å². The predicted molar refractivity (Wildman–Crippen MR) is 112 cm³/mol. The molecule has 0 aromatic heterocycles. The smallest absolute Gasteiger partial charge is 0.180 e. The summed E-state index contributed by atoms with van der Waals surface area (Å²) in [6.45, 7) is 2.82. The summed E-state index contributed by atoms with van der Waals surface area (Å²) in [6.07, 6.45) is 0. The highest BCUT2D eigenvalue weighted by Crippen LogP contribution is 2.37. The molecule has 3 nitrogen and oxygen atoms in total. The summed E-state index contributed by atoms with van der Waals surface area (Å²) in [5.41, 5.74) is 3.83. The number of nitrogens with one attached hydrogen (secondary N) is 1. The number of hydrogen-bond donors (Lipinski definition) is 1. The molecule has 1 N–H and O–H groups in total. The van der Waals surface area contributed by atoms with Crippen LogP contribution in [0.1, 0.15) is 16.7 Å². The van der Waals surface area contributed by atoms with Crippen LogP contribution in [0.5, 0.6) is 11.5 Å². The van der Waals surface area contributed by atoms with E-state index in [0.29, 0.717) is 28.1 Å². The van der Waals surface area contributed by atoms with Crippen LogP contribution in [-0.4, -0.2) is 7.11 Å². The summed E-state index contributed by atoms with van der Waals surface area (Å²) in [6, 6.07) is 15.5. The lowest BCUT2D eigenvalue weighted by Crippen LogP contribution is -2.03. The van der Waals surface area contributed by atoms with Crippen molar-refractivity contribution in [1.82, 2.24) is 0 Å². The fourth-order valence-electron chi connectivity index (χ4n) is 2.73. The van der Waals surface area contributed by atoms with Gasteiger partial charge in [-0.3, -0.25) is 0 Å². The third kappa shape index (κ3) is 5.09. The Hall–Kier alpha value is -2.43. The second-order valence-electron chi connectivity index (χ2n) is 6.34. The number of anilines is 1. The Morgan fingerprint density at radius 3 is 2.43 bits per heavy atom. The molecule has 3 rings (SSSR count). The Balaban J connectivity index is 1.73. The van der Waals surface area contributed by atoms with E-state index in [1.165, 1.54) is 12.1 Å². The minimum Gasteiger partial charge on any atom is -0.493 e. The van der Waals surface area contributed by atoms with Crippen LogP contribution in [0.4, 0.5) is 10.1 Å². The summed E-state index contributed by atoms with van der Waals surface area (Å²) in [5.74, 6) is 0.705. The first kappa shape index (κ1) is 20.3. The molecule has 3 aromatic carbocycles. The van der Waals surface area contributed by atoms with Crippen LogP contribution in [0.2, 0.25) is 10.0 Å². The molecule has 0 saturated carbocycles. The van der Waals surface area contributed by atoms with Crippen molar-refractivity contribution in [3.05, 3.63) is 87.2 Å². The first-order chi connectivity index (χ1) is 13.5. The van der Waals surface area contributed by atoms with Gasteiger partial charge in [-0.05, 0) is 60.0 Å². The van der Waals surface area contributed by atoms with E-state index >= 15 is 0 Å². The van der Waals surface area contributed by atoms with Crippen LogP contribution in [0.3, 0.4) is 0 Å². The maximum atomic E-state index is 13.0. The number of methoxy groups -OCH3 is 1. The Morgan fingerprint density at radius 2 is 1.71 bits per heavy atom. The van der Waals surface area contributed by atoms with Crippen LogP contribution in [-0.2, 0) is 13.2 Å². The van der Waals surface area contributed by atoms with Crippen molar-refractivity contribution in [1.29, 1.82) is 0 Å². The standard InChI is InChI=1S/C22H20Cl2FNO2/c1-14-3-6-17(23)11-20(14)26-12-16-9-19(24)22(21(10-16)27-2)28-13-15-4-7-18(25)8-5-15/h3-11,26H,12-13H2,1-2H3. The molecule has 0 unspecified atom stereocenters. The van der Waals surface area contributed by atoms with Gasteiger partial charge < -0.3 is 14.8 Å². The Bertz CT molecular complexity index is 961. The van der Waals surface area contributed by atoms with E-state index in [2.05, 4.69) is 5.32 Å². The van der Waals surface area contributed by atoms with Crippen molar-refractivity contribution < 1.29 is 13.9 Å². The monoisotopic (exact) mass is 419 g/mol. The van der Waals surface area contributed by atoms with Crippen LogP contribution < -0.4 is 14.8 Å². The van der Waals surface area contributed by atoms with Gasteiger partial charge in [-0.1, -0.05) is 41.4 Å². The third-order valence-corrected chi connectivity index (χ3v) is 4.78. The molecule has 0 fully saturated rings. The van der Waals surface area contributed by atoms with Gasteiger partial charge in [0.1, 0.15) is 12.4 Å². The zero-order valence-electron chi connectivity index (χ0n) is 15.6. The van der Waals surface area contributed by atoms with Gasteiger partial charge in [0.25, 0.3) is 0 Å². The molecule has 0 radical (unpaired) electrons. The van der Waals surface area contributed by atoms with Crippen LogP contribution in [0.25, 0.3) is 0 Å². The highest BCUT2D eigenvalue weighted by molar-refractivity contribution is 6.32. The van der Waals surface area contributed by atoms with Gasteiger partial charge >= 0.3 is 0 Å². The second-order valence-corrected chi connectivity index (χ2v) is 7.18. The summed E-state index contributed by atoms with van der Waals surface area (Å²) >= 11 is 12.5. The van der Waals surface area contributed by atoms with Gasteiger partial charge in [0, 0.05) is 17.3 Å². The SMILES string of the molecule is COc1cc(CNc2cc(Cl)ccc2C)cc(Cl)c1OCc1ccc(F)cc1. The molecule has 0 spiro atoms. The summed E-state index contributed by atoms with van der Waals surface area (Å²) in [4.78, 5) is 0. The van der Waals surface area contributed by atoms with Crippen molar-refractivity contribution in [2.75, 3.05) is 12.4 Å². The number of rotatable bonds is 7. The highest BCUT2D eigenvalue weighted by Gasteiger charge is 2.13. The molecule has 146 valence electrons. The van der Waals surface area contributed by atoms with E-state index < -0.39 is 0 Å². The Labute approximate surface area is 174 Å². The normalized spacial score (nSPS) is 10.6. The number of halogens is 3. The van der Waals surface area contributed by atoms with E-state index in [-0.39, 0.29) is 12.4 Å². The predicted octanol–water partition coefficient (Wildman–Crippen LogP) is 6.64. The van der Waals surface area contributed by atoms with E-state index in [9.17, 15) is 4.39 Å². The number of hydrogen-bond acceptors (Lipinski definition) is 3. The van der Waals surface area contributed by atoms with Gasteiger partial charge in [-0.2, -0.15) is 0 Å². The first-order valence-electron chi connectivity index (χ1n) is 8.70. The van der Waals surface area contributed by atoms with E-state index in [0.717, 1.165) is 22.4 Å². The molecule has 0 amide bonds. The lowest BCUT2D eigenvalue weighted by molar-refractivity contribution is 0.284. The quantitative estimate of drug-likeness (QED) is 0.465. The number of benzene rings is 3. The third-order valence-electron chi connectivity index (χ3n) is 4.27. The van der Waals surface area contributed by atoms with Crippen molar-refractivity contribution in [3.63, 3.8) is 0 Å². The lowest BCUT2D eigenvalue weighted by Gasteiger charge is -2.15. The minimum absolute atomic E-state index is 0.260. The number of aryl methyl sites for hydroxylation is 1. The number of ether oxygens (including phenoxy) is 2. The fourth-order valence-corrected chi connectivity index (χ4v) is 3.19. The topological polar surface area (TPSA) is 30.5 Å². The van der Waals surface area contributed by atoms with E-state index in [4.69, 9.17) is 32.7 Å². The molecule has 3 aromatic rings. The molecule has 0 bridgehead atoms. The summed E-state index contributed by atoms with van der Waals surface area (Å²) in [5, 5.41) is 4.48.